The van der Waals surface area contributed by atoms with E-state index in [9.17, 15) is 14.7 Å². The maximum atomic E-state index is 12.7. The average Bonchev–Trinajstić information content (AvgIpc) is 3.19. The number of carbonyl (C=O) groups excluding carboxylic acids is 2. The number of benzene rings is 2. The van der Waals surface area contributed by atoms with Crippen LogP contribution in [0, 0.1) is 0 Å². The molecule has 9 heteroatoms. The third-order valence-corrected chi connectivity index (χ3v) is 5.12. The fourth-order valence-electron chi connectivity index (χ4n) is 3.01. The zero-order chi connectivity index (χ0) is 22.1. The first-order valence-electron chi connectivity index (χ1n) is 9.90. The summed E-state index contributed by atoms with van der Waals surface area (Å²) in [6.07, 6.45) is 0.462. The van der Waals surface area contributed by atoms with Crippen LogP contribution >= 0.6 is 15.9 Å². The molecular weight excluding hydrogens is 466 g/mol. The van der Waals surface area contributed by atoms with Crippen molar-refractivity contribution in [2.75, 3.05) is 13.2 Å². The average molecular weight is 490 g/mol. The van der Waals surface area contributed by atoms with Crippen LogP contribution in [0.5, 0.6) is 5.75 Å². The number of hydrogen-bond donors (Lipinski definition) is 3. The molecule has 2 amide bonds. The highest BCUT2D eigenvalue weighted by Gasteiger charge is 2.25. The molecule has 3 rings (SSSR count). The van der Waals surface area contributed by atoms with Gasteiger partial charge in [0, 0.05) is 19.3 Å². The van der Waals surface area contributed by atoms with E-state index in [2.05, 4.69) is 31.7 Å². The van der Waals surface area contributed by atoms with Crippen LogP contribution in [0.2, 0.25) is 0 Å². The molecule has 2 aromatic carbocycles. The third-order valence-electron chi connectivity index (χ3n) is 4.65. The maximum Gasteiger partial charge on any atom is 0.407 e. The SMILES string of the molecule is O=C(NC(Cc1ccc(O)cc1)C(=O)NC[C@@H]1CC(Br)=NO1)OCCc1ccccc1. The van der Waals surface area contributed by atoms with E-state index in [0.717, 1.165) is 11.1 Å². The van der Waals surface area contributed by atoms with Crippen LogP contribution in [0.15, 0.2) is 59.8 Å². The summed E-state index contributed by atoms with van der Waals surface area (Å²) >= 11 is 3.26. The molecule has 0 saturated carbocycles. The van der Waals surface area contributed by atoms with E-state index in [-0.39, 0.29) is 37.3 Å². The van der Waals surface area contributed by atoms with Gasteiger partial charge in [-0.05, 0) is 39.2 Å². The molecule has 0 aliphatic carbocycles. The first-order valence-corrected chi connectivity index (χ1v) is 10.7. The van der Waals surface area contributed by atoms with Gasteiger partial charge in [0.05, 0.1) is 13.2 Å². The number of phenols is 1. The molecule has 3 N–H and O–H groups in total. The van der Waals surface area contributed by atoms with Gasteiger partial charge in [-0.25, -0.2) is 4.79 Å². The Morgan fingerprint density at radius 3 is 2.58 bits per heavy atom. The number of alkyl carbamates (subject to hydrolysis) is 1. The molecule has 1 aliphatic heterocycles. The summed E-state index contributed by atoms with van der Waals surface area (Å²) in [5.74, 6) is -0.235. The molecule has 0 radical (unpaired) electrons. The van der Waals surface area contributed by atoms with Gasteiger partial charge >= 0.3 is 6.09 Å². The van der Waals surface area contributed by atoms with Gasteiger partial charge in [0.15, 0.2) is 6.10 Å². The summed E-state index contributed by atoms with van der Waals surface area (Å²) in [5, 5.41) is 18.7. The van der Waals surface area contributed by atoms with Gasteiger partial charge in [-0.3, -0.25) is 4.79 Å². The van der Waals surface area contributed by atoms with Crippen molar-refractivity contribution in [1.82, 2.24) is 10.6 Å². The lowest BCUT2D eigenvalue weighted by Gasteiger charge is -2.19. The predicted octanol–water partition coefficient (Wildman–Crippen LogP) is 2.89. The molecular formula is C22H24BrN3O5. The van der Waals surface area contributed by atoms with E-state index in [1.165, 1.54) is 12.1 Å². The van der Waals surface area contributed by atoms with Gasteiger partial charge in [-0.15, -0.1) is 0 Å². The molecule has 0 bridgehead atoms. The van der Waals surface area contributed by atoms with Gasteiger partial charge in [-0.1, -0.05) is 47.6 Å². The van der Waals surface area contributed by atoms with E-state index in [1.54, 1.807) is 12.1 Å². The Hall–Kier alpha value is -3.07. The van der Waals surface area contributed by atoms with Crippen LogP contribution in [0.25, 0.3) is 0 Å². The Morgan fingerprint density at radius 1 is 1.16 bits per heavy atom. The smallest absolute Gasteiger partial charge is 0.407 e. The molecule has 0 saturated heterocycles. The molecule has 31 heavy (non-hydrogen) atoms. The molecule has 1 aliphatic rings. The highest BCUT2D eigenvalue weighted by molar-refractivity contribution is 9.18. The number of ether oxygens (including phenoxy) is 1. The number of nitrogens with one attached hydrogen (secondary N) is 2. The number of nitrogens with zero attached hydrogens (tertiary/aromatic N) is 1. The number of hydrogen-bond acceptors (Lipinski definition) is 6. The monoisotopic (exact) mass is 489 g/mol. The van der Waals surface area contributed by atoms with Gasteiger partial charge in [-0.2, -0.15) is 0 Å². The van der Waals surface area contributed by atoms with Crippen LogP contribution in [0.4, 0.5) is 4.79 Å². The summed E-state index contributed by atoms with van der Waals surface area (Å²) in [4.78, 5) is 30.2. The van der Waals surface area contributed by atoms with Crippen LogP contribution in [0.1, 0.15) is 17.5 Å². The number of aromatic hydroxyl groups is 1. The lowest BCUT2D eigenvalue weighted by molar-refractivity contribution is -0.123. The second kappa shape index (κ2) is 11.4. The third kappa shape index (κ3) is 7.60. The van der Waals surface area contributed by atoms with Crippen LogP contribution < -0.4 is 10.6 Å². The van der Waals surface area contributed by atoms with Crippen molar-refractivity contribution in [1.29, 1.82) is 0 Å². The molecule has 8 nitrogen and oxygen atoms in total. The number of rotatable bonds is 9. The van der Waals surface area contributed by atoms with Crippen molar-refractivity contribution < 1.29 is 24.3 Å². The second-order valence-electron chi connectivity index (χ2n) is 7.08. The minimum Gasteiger partial charge on any atom is -0.508 e. The fourth-order valence-corrected chi connectivity index (χ4v) is 3.45. The van der Waals surface area contributed by atoms with E-state index < -0.39 is 12.1 Å². The van der Waals surface area contributed by atoms with E-state index in [4.69, 9.17) is 9.57 Å². The number of phenolic OH excluding ortho intramolecular Hbond substituents is 1. The maximum absolute atomic E-state index is 12.7. The molecule has 164 valence electrons. The highest BCUT2D eigenvalue weighted by Crippen LogP contribution is 2.14. The van der Waals surface area contributed by atoms with Crippen molar-refractivity contribution >= 4 is 32.6 Å². The summed E-state index contributed by atoms with van der Waals surface area (Å²) < 4.78 is 5.94. The van der Waals surface area contributed by atoms with Gasteiger partial charge in [0.25, 0.3) is 0 Å². The van der Waals surface area contributed by atoms with Gasteiger partial charge < -0.3 is 25.3 Å². The topological polar surface area (TPSA) is 109 Å². The van der Waals surface area contributed by atoms with Crippen molar-refractivity contribution in [2.24, 2.45) is 5.16 Å². The van der Waals surface area contributed by atoms with Crippen LogP contribution in [-0.2, 0) is 27.2 Å². The predicted molar refractivity (Wildman–Crippen MR) is 119 cm³/mol. The lowest BCUT2D eigenvalue weighted by Crippen LogP contribution is -2.49. The Kier molecular flexibility index (Phi) is 8.28. The number of oxime groups is 1. The molecule has 0 aromatic heterocycles. The second-order valence-corrected chi connectivity index (χ2v) is 8.00. The molecule has 2 aromatic rings. The van der Waals surface area contributed by atoms with Crippen molar-refractivity contribution in [2.45, 2.75) is 31.4 Å². The number of amides is 2. The summed E-state index contributed by atoms with van der Waals surface area (Å²) in [6.45, 7) is 0.457. The van der Waals surface area contributed by atoms with Crippen LogP contribution in [-0.4, -0.2) is 47.0 Å². The number of halogens is 1. The van der Waals surface area contributed by atoms with E-state index in [1.807, 2.05) is 30.3 Å². The lowest BCUT2D eigenvalue weighted by atomic mass is 10.0. The molecule has 0 spiro atoms. The van der Waals surface area contributed by atoms with Crippen molar-refractivity contribution in [3.8, 4) is 5.75 Å². The first-order chi connectivity index (χ1) is 15.0. The van der Waals surface area contributed by atoms with Gasteiger partial charge in [0.1, 0.15) is 16.4 Å². The Morgan fingerprint density at radius 2 is 1.90 bits per heavy atom. The van der Waals surface area contributed by atoms with Crippen molar-refractivity contribution in [3.63, 3.8) is 0 Å². The summed E-state index contributed by atoms with van der Waals surface area (Å²) in [7, 11) is 0. The standard InChI is InChI=1S/C22H24BrN3O5/c23-20-13-18(31-26-20)14-24-21(28)19(12-16-6-8-17(27)9-7-16)25-22(29)30-11-10-15-4-2-1-3-5-15/h1-9,18-19,27H,10-14H2,(H,24,28)(H,25,29)/t18-,19?/m0/s1. The minimum absolute atomic E-state index is 0.127. The summed E-state index contributed by atoms with van der Waals surface area (Å²) in [5.41, 5.74) is 1.84. The molecule has 1 heterocycles. The molecule has 1 unspecified atom stereocenters. The largest absolute Gasteiger partial charge is 0.508 e. The molecule has 2 atom stereocenters. The van der Waals surface area contributed by atoms with E-state index >= 15 is 0 Å². The van der Waals surface area contributed by atoms with Gasteiger partial charge in [0.2, 0.25) is 5.91 Å². The van der Waals surface area contributed by atoms with Crippen molar-refractivity contribution in [3.05, 3.63) is 65.7 Å². The quantitative estimate of drug-likeness (QED) is 0.501. The zero-order valence-corrected chi connectivity index (χ0v) is 18.4. The van der Waals surface area contributed by atoms with Crippen LogP contribution in [0.3, 0.4) is 0 Å². The first kappa shape index (κ1) is 22.6. The zero-order valence-electron chi connectivity index (χ0n) is 16.8. The summed E-state index contributed by atoms with van der Waals surface area (Å²) in [6, 6.07) is 15.3. The Bertz CT molecular complexity index is 905. The minimum atomic E-state index is -0.848. The number of carbonyl (C=O) groups is 2. The normalized spacial score (nSPS) is 16.0. The molecule has 0 fully saturated rings. The van der Waals surface area contributed by atoms with E-state index in [0.29, 0.717) is 17.5 Å². The highest BCUT2D eigenvalue weighted by atomic mass is 79.9. The fraction of sp³-hybridized carbons (Fsp3) is 0.318. The Balaban J connectivity index is 1.54. The Labute approximate surface area is 188 Å².